The number of hydrogen-bond acceptors (Lipinski definition) is 3. The summed E-state index contributed by atoms with van der Waals surface area (Å²) in [7, 11) is 3.82. The smallest absolute Gasteiger partial charge is 0.128 e. The van der Waals surface area contributed by atoms with E-state index in [0.29, 0.717) is 0 Å². The maximum atomic E-state index is 13.9. The van der Waals surface area contributed by atoms with E-state index in [2.05, 4.69) is 5.43 Å². The van der Waals surface area contributed by atoms with Gasteiger partial charge in [0.15, 0.2) is 0 Å². The first-order valence-electron chi connectivity index (χ1n) is 6.21. The third kappa shape index (κ3) is 2.95. The molecule has 0 amide bonds. The zero-order valence-electron chi connectivity index (χ0n) is 11.4. The van der Waals surface area contributed by atoms with E-state index in [1.165, 1.54) is 0 Å². The summed E-state index contributed by atoms with van der Waals surface area (Å²) in [5.41, 5.74) is 4.45. The van der Waals surface area contributed by atoms with E-state index in [-0.39, 0.29) is 5.56 Å². The van der Waals surface area contributed by atoms with Crippen molar-refractivity contribution in [2.24, 2.45) is 5.84 Å². The number of nitrogens with one attached hydrogen (secondary N) is 1. The molecule has 2 aromatic rings. The van der Waals surface area contributed by atoms with Crippen LogP contribution in [0.4, 0.5) is 14.5 Å². The quantitative estimate of drug-likeness (QED) is 0.666. The molecule has 0 aliphatic rings. The second-order valence-corrected chi connectivity index (χ2v) is 4.75. The molecule has 0 radical (unpaired) electrons. The van der Waals surface area contributed by atoms with Gasteiger partial charge in [0.1, 0.15) is 11.6 Å². The number of halogens is 2. The summed E-state index contributed by atoms with van der Waals surface area (Å²) in [6.45, 7) is 0. The molecule has 1 atom stereocenters. The topological polar surface area (TPSA) is 41.3 Å². The second kappa shape index (κ2) is 5.98. The van der Waals surface area contributed by atoms with Gasteiger partial charge in [0.05, 0.1) is 6.04 Å². The lowest BCUT2D eigenvalue weighted by Crippen LogP contribution is -2.29. The van der Waals surface area contributed by atoms with Gasteiger partial charge in [-0.2, -0.15) is 0 Å². The van der Waals surface area contributed by atoms with Crippen LogP contribution in [0.5, 0.6) is 0 Å². The highest BCUT2D eigenvalue weighted by molar-refractivity contribution is 5.49. The predicted molar refractivity (Wildman–Crippen MR) is 76.3 cm³/mol. The number of rotatable bonds is 4. The molecule has 3 N–H and O–H groups in total. The maximum absolute atomic E-state index is 13.9. The van der Waals surface area contributed by atoms with Gasteiger partial charge in [-0.15, -0.1) is 0 Å². The maximum Gasteiger partial charge on any atom is 0.128 e. The minimum atomic E-state index is -0.606. The molecule has 0 aromatic heterocycles. The molecule has 0 saturated heterocycles. The molecule has 106 valence electrons. The highest BCUT2D eigenvalue weighted by atomic mass is 19.1. The number of hydrazine groups is 1. The van der Waals surface area contributed by atoms with Gasteiger partial charge in [-0.05, 0) is 35.9 Å². The van der Waals surface area contributed by atoms with Crippen molar-refractivity contribution < 1.29 is 8.78 Å². The molecular weight excluding hydrogens is 260 g/mol. The Morgan fingerprint density at radius 1 is 1.10 bits per heavy atom. The molecule has 20 heavy (non-hydrogen) atoms. The van der Waals surface area contributed by atoms with Crippen LogP contribution in [0.1, 0.15) is 17.2 Å². The van der Waals surface area contributed by atoms with Crippen LogP contribution < -0.4 is 16.2 Å². The average molecular weight is 277 g/mol. The molecule has 0 saturated carbocycles. The van der Waals surface area contributed by atoms with E-state index >= 15 is 0 Å². The van der Waals surface area contributed by atoms with Gasteiger partial charge in [0.25, 0.3) is 0 Å². The Balaban J connectivity index is 2.46. The molecule has 0 aliphatic carbocycles. The van der Waals surface area contributed by atoms with Crippen LogP contribution in [-0.2, 0) is 0 Å². The minimum absolute atomic E-state index is 0.184. The second-order valence-electron chi connectivity index (χ2n) is 4.75. The molecule has 3 nitrogen and oxygen atoms in total. The number of anilines is 1. The van der Waals surface area contributed by atoms with Gasteiger partial charge in [-0.25, -0.2) is 14.2 Å². The van der Waals surface area contributed by atoms with Gasteiger partial charge < -0.3 is 4.90 Å². The summed E-state index contributed by atoms with van der Waals surface area (Å²) >= 11 is 0. The molecular formula is C15H17F2N3. The third-order valence-corrected chi connectivity index (χ3v) is 3.16. The van der Waals surface area contributed by atoms with E-state index < -0.39 is 17.7 Å². The Morgan fingerprint density at radius 2 is 1.85 bits per heavy atom. The van der Waals surface area contributed by atoms with Crippen molar-refractivity contribution >= 4 is 5.69 Å². The Labute approximate surface area is 117 Å². The molecule has 1 unspecified atom stereocenters. The average Bonchev–Trinajstić information content (AvgIpc) is 2.44. The van der Waals surface area contributed by atoms with Crippen LogP contribution in [0.25, 0.3) is 0 Å². The molecule has 0 fully saturated rings. The Kier molecular flexibility index (Phi) is 4.32. The normalized spacial score (nSPS) is 12.2. The molecule has 0 heterocycles. The summed E-state index contributed by atoms with van der Waals surface area (Å²) < 4.78 is 27.2. The first kappa shape index (κ1) is 14.4. The zero-order chi connectivity index (χ0) is 14.7. The van der Waals surface area contributed by atoms with Gasteiger partial charge in [-0.1, -0.05) is 12.1 Å². The molecule has 2 rings (SSSR count). The van der Waals surface area contributed by atoms with Crippen molar-refractivity contribution in [3.05, 3.63) is 65.2 Å². The third-order valence-electron chi connectivity index (χ3n) is 3.16. The van der Waals surface area contributed by atoms with E-state index in [4.69, 9.17) is 5.84 Å². The summed E-state index contributed by atoms with van der Waals surface area (Å²) in [6, 6.07) is 10.2. The van der Waals surface area contributed by atoms with Crippen molar-refractivity contribution in [1.82, 2.24) is 5.43 Å². The largest absolute Gasteiger partial charge is 0.378 e. The molecule has 0 bridgehead atoms. The summed E-state index contributed by atoms with van der Waals surface area (Å²) in [5.74, 6) is 4.54. The van der Waals surface area contributed by atoms with Crippen molar-refractivity contribution in [3.63, 3.8) is 0 Å². The van der Waals surface area contributed by atoms with Gasteiger partial charge in [0, 0.05) is 25.3 Å². The molecule has 5 heteroatoms. The lowest BCUT2D eigenvalue weighted by atomic mass is 9.98. The SMILES string of the molecule is CN(C)c1cccc(C(NN)c2cc(F)ccc2F)c1. The molecule has 0 aliphatic heterocycles. The highest BCUT2D eigenvalue weighted by Crippen LogP contribution is 2.27. The summed E-state index contributed by atoms with van der Waals surface area (Å²) in [5, 5.41) is 0. The first-order valence-corrected chi connectivity index (χ1v) is 6.21. The van der Waals surface area contributed by atoms with Gasteiger partial charge in [0.2, 0.25) is 0 Å². The van der Waals surface area contributed by atoms with Crippen molar-refractivity contribution in [2.75, 3.05) is 19.0 Å². The summed E-state index contributed by atoms with van der Waals surface area (Å²) in [4.78, 5) is 1.93. The van der Waals surface area contributed by atoms with Crippen LogP contribution in [-0.4, -0.2) is 14.1 Å². The standard InChI is InChI=1S/C15H17F2N3/c1-20(2)12-5-3-4-10(8-12)15(19-18)13-9-11(16)6-7-14(13)17/h3-9,15,19H,18H2,1-2H3. The van der Waals surface area contributed by atoms with Crippen LogP contribution >= 0.6 is 0 Å². The number of benzene rings is 2. The fraction of sp³-hybridized carbons (Fsp3) is 0.200. The Morgan fingerprint density at radius 3 is 2.50 bits per heavy atom. The lowest BCUT2D eigenvalue weighted by Gasteiger charge is -2.20. The summed E-state index contributed by atoms with van der Waals surface area (Å²) in [6.07, 6.45) is 0. The number of nitrogens with two attached hydrogens (primary N) is 1. The van der Waals surface area contributed by atoms with E-state index in [0.717, 1.165) is 29.4 Å². The predicted octanol–water partition coefficient (Wildman–Crippen LogP) is 2.58. The Hall–Kier alpha value is -1.98. The lowest BCUT2D eigenvalue weighted by molar-refractivity contribution is 0.545. The van der Waals surface area contributed by atoms with Crippen LogP contribution in [0.15, 0.2) is 42.5 Å². The van der Waals surface area contributed by atoms with E-state index in [1.54, 1.807) is 0 Å². The molecule has 0 spiro atoms. The first-order chi connectivity index (χ1) is 9.52. The van der Waals surface area contributed by atoms with E-state index in [1.807, 2.05) is 43.3 Å². The van der Waals surface area contributed by atoms with Crippen molar-refractivity contribution in [1.29, 1.82) is 0 Å². The minimum Gasteiger partial charge on any atom is -0.378 e. The monoisotopic (exact) mass is 277 g/mol. The van der Waals surface area contributed by atoms with Crippen LogP contribution in [0.3, 0.4) is 0 Å². The van der Waals surface area contributed by atoms with Crippen LogP contribution in [0.2, 0.25) is 0 Å². The highest BCUT2D eigenvalue weighted by Gasteiger charge is 2.18. The van der Waals surface area contributed by atoms with Gasteiger partial charge in [-0.3, -0.25) is 5.84 Å². The van der Waals surface area contributed by atoms with Gasteiger partial charge >= 0.3 is 0 Å². The zero-order valence-corrected chi connectivity index (χ0v) is 11.4. The van der Waals surface area contributed by atoms with Crippen molar-refractivity contribution in [2.45, 2.75) is 6.04 Å². The fourth-order valence-corrected chi connectivity index (χ4v) is 2.08. The Bertz CT molecular complexity index is 599. The van der Waals surface area contributed by atoms with E-state index in [9.17, 15) is 8.78 Å². The van der Waals surface area contributed by atoms with Crippen molar-refractivity contribution in [3.8, 4) is 0 Å². The number of nitrogens with zero attached hydrogens (tertiary/aromatic N) is 1. The number of hydrogen-bond donors (Lipinski definition) is 2. The van der Waals surface area contributed by atoms with Crippen LogP contribution in [0, 0.1) is 11.6 Å². The fourth-order valence-electron chi connectivity index (χ4n) is 2.08. The molecule has 2 aromatic carbocycles.